The topological polar surface area (TPSA) is 135 Å². The summed E-state index contributed by atoms with van der Waals surface area (Å²) < 4.78 is 10.1. The molecule has 39 heavy (non-hydrogen) atoms. The summed E-state index contributed by atoms with van der Waals surface area (Å²) in [5.41, 5.74) is 8.99. The van der Waals surface area contributed by atoms with E-state index in [1.807, 2.05) is 6.07 Å². The van der Waals surface area contributed by atoms with Crippen molar-refractivity contribution < 1.29 is 23.9 Å². The van der Waals surface area contributed by atoms with Gasteiger partial charge in [0, 0.05) is 16.9 Å². The van der Waals surface area contributed by atoms with E-state index in [2.05, 4.69) is 11.4 Å². The van der Waals surface area contributed by atoms with Crippen molar-refractivity contribution in [3.05, 3.63) is 118 Å². The number of allylic oxidation sites excluding steroid dienone is 1. The summed E-state index contributed by atoms with van der Waals surface area (Å²) in [6.07, 6.45) is 0. The SMILES string of the molecule is COC(=O)C1=C(C(=O)OC)N(c2ccc(NC(=O)c3ccccc3)c(C)c2)C(N)=C(C#N)C1c1ccccc1. The summed E-state index contributed by atoms with van der Waals surface area (Å²) in [6, 6.07) is 24.6. The van der Waals surface area contributed by atoms with E-state index in [9.17, 15) is 19.6 Å². The predicted molar refractivity (Wildman–Crippen MR) is 145 cm³/mol. The number of aryl methyl sites for hydroxylation is 1. The fourth-order valence-electron chi connectivity index (χ4n) is 4.49. The van der Waals surface area contributed by atoms with E-state index in [4.69, 9.17) is 15.2 Å². The van der Waals surface area contributed by atoms with Crippen LogP contribution in [0.5, 0.6) is 0 Å². The number of carbonyl (C=O) groups is 3. The van der Waals surface area contributed by atoms with Crippen LogP contribution in [0.3, 0.4) is 0 Å². The Hall–Kier alpha value is -5.36. The summed E-state index contributed by atoms with van der Waals surface area (Å²) in [5.74, 6) is -2.93. The van der Waals surface area contributed by atoms with E-state index >= 15 is 0 Å². The van der Waals surface area contributed by atoms with Gasteiger partial charge >= 0.3 is 11.9 Å². The molecule has 3 aromatic rings. The molecule has 3 N–H and O–H groups in total. The summed E-state index contributed by atoms with van der Waals surface area (Å²) >= 11 is 0. The van der Waals surface area contributed by atoms with Gasteiger partial charge in [0.25, 0.3) is 5.91 Å². The zero-order valence-electron chi connectivity index (χ0n) is 21.6. The Morgan fingerprint density at radius 3 is 2.10 bits per heavy atom. The Balaban J connectivity index is 1.87. The molecule has 9 nitrogen and oxygen atoms in total. The molecule has 0 aromatic heterocycles. The van der Waals surface area contributed by atoms with Crippen molar-refractivity contribution in [3.63, 3.8) is 0 Å². The van der Waals surface area contributed by atoms with Crippen molar-refractivity contribution in [1.29, 1.82) is 5.26 Å². The number of benzene rings is 3. The van der Waals surface area contributed by atoms with Gasteiger partial charge in [-0.05, 0) is 48.4 Å². The first-order chi connectivity index (χ1) is 18.8. The van der Waals surface area contributed by atoms with Gasteiger partial charge in [-0.15, -0.1) is 0 Å². The van der Waals surface area contributed by atoms with Crippen molar-refractivity contribution in [1.82, 2.24) is 0 Å². The number of amides is 1. The van der Waals surface area contributed by atoms with Crippen LogP contribution < -0.4 is 16.0 Å². The van der Waals surface area contributed by atoms with Crippen LogP contribution in [0, 0.1) is 18.3 Å². The van der Waals surface area contributed by atoms with Crippen LogP contribution in [0.1, 0.15) is 27.4 Å². The van der Waals surface area contributed by atoms with E-state index in [1.54, 1.807) is 79.7 Å². The number of nitriles is 1. The minimum atomic E-state index is -0.959. The number of nitrogens with two attached hydrogens (primary N) is 1. The maximum atomic E-state index is 13.2. The van der Waals surface area contributed by atoms with Crippen LogP contribution in [-0.4, -0.2) is 32.1 Å². The highest BCUT2D eigenvalue weighted by Crippen LogP contribution is 2.43. The number of methoxy groups -OCH3 is 2. The molecule has 3 aromatic carbocycles. The molecule has 1 aliphatic rings. The highest BCUT2D eigenvalue weighted by atomic mass is 16.5. The summed E-state index contributed by atoms with van der Waals surface area (Å²) in [6.45, 7) is 1.77. The average molecular weight is 523 g/mol. The molecule has 0 saturated carbocycles. The van der Waals surface area contributed by atoms with Gasteiger partial charge in [-0.25, -0.2) is 9.59 Å². The van der Waals surface area contributed by atoms with Crippen molar-refractivity contribution >= 4 is 29.2 Å². The first-order valence-corrected chi connectivity index (χ1v) is 11.9. The number of hydrogen-bond acceptors (Lipinski definition) is 8. The Morgan fingerprint density at radius 1 is 0.923 bits per heavy atom. The fraction of sp³-hybridized carbons (Fsp3) is 0.133. The van der Waals surface area contributed by atoms with Gasteiger partial charge in [-0.2, -0.15) is 5.26 Å². The molecule has 1 aliphatic heterocycles. The van der Waals surface area contributed by atoms with E-state index in [0.717, 1.165) is 0 Å². The molecular weight excluding hydrogens is 496 g/mol. The lowest BCUT2D eigenvalue weighted by Crippen LogP contribution is -2.40. The highest BCUT2D eigenvalue weighted by Gasteiger charge is 2.43. The van der Waals surface area contributed by atoms with Gasteiger partial charge in [-0.3, -0.25) is 9.69 Å². The van der Waals surface area contributed by atoms with Crippen LogP contribution in [0.4, 0.5) is 11.4 Å². The third kappa shape index (κ3) is 5.08. The molecule has 0 radical (unpaired) electrons. The van der Waals surface area contributed by atoms with Gasteiger partial charge in [0.15, 0.2) is 0 Å². The molecule has 1 atom stereocenters. The Bertz CT molecular complexity index is 1540. The van der Waals surface area contributed by atoms with Crippen molar-refractivity contribution in [2.75, 3.05) is 24.4 Å². The molecule has 1 heterocycles. The summed E-state index contributed by atoms with van der Waals surface area (Å²) in [4.78, 5) is 40.4. The van der Waals surface area contributed by atoms with Crippen LogP contribution in [-0.2, 0) is 19.1 Å². The molecule has 0 saturated heterocycles. The molecule has 0 spiro atoms. The molecule has 1 amide bonds. The highest BCUT2D eigenvalue weighted by molar-refractivity contribution is 6.07. The van der Waals surface area contributed by atoms with Crippen LogP contribution in [0.15, 0.2) is 102 Å². The molecule has 0 fully saturated rings. The predicted octanol–water partition coefficient (Wildman–Crippen LogP) is 4.15. The minimum absolute atomic E-state index is 0.0418. The Kier molecular flexibility index (Phi) is 7.77. The molecule has 1 unspecified atom stereocenters. The lowest BCUT2D eigenvalue weighted by Gasteiger charge is -2.36. The third-order valence-corrected chi connectivity index (χ3v) is 6.36. The lowest BCUT2D eigenvalue weighted by atomic mass is 9.81. The average Bonchev–Trinajstić information content (AvgIpc) is 2.97. The lowest BCUT2D eigenvalue weighted by molar-refractivity contribution is -0.139. The van der Waals surface area contributed by atoms with Crippen molar-refractivity contribution in [2.24, 2.45) is 5.73 Å². The van der Waals surface area contributed by atoms with E-state index in [0.29, 0.717) is 28.1 Å². The second kappa shape index (κ2) is 11.4. The van der Waals surface area contributed by atoms with Crippen molar-refractivity contribution in [2.45, 2.75) is 12.8 Å². The number of hydrogen-bond donors (Lipinski definition) is 2. The number of carbonyl (C=O) groups excluding carboxylic acids is 3. The molecular formula is C30H26N4O5. The monoisotopic (exact) mass is 522 g/mol. The normalized spacial score (nSPS) is 14.9. The largest absolute Gasteiger partial charge is 0.466 e. The van der Waals surface area contributed by atoms with Gasteiger partial charge < -0.3 is 20.5 Å². The van der Waals surface area contributed by atoms with E-state index in [1.165, 1.54) is 19.1 Å². The summed E-state index contributed by atoms with van der Waals surface area (Å²) in [5, 5.41) is 13.0. The van der Waals surface area contributed by atoms with Gasteiger partial charge in [0.2, 0.25) is 0 Å². The first kappa shape index (κ1) is 26.7. The zero-order valence-corrected chi connectivity index (χ0v) is 21.6. The third-order valence-electron chi connectivity index (χ3n) is 6.36. The van der Waals surface area contributed by atoms with Crippen molar-refractivity contribution in [3.8, 4) is 6.07 Å². The molecule has 0 aliphatic carbocycles. The Labute approximate surface area is 225 Å². The zero-order chi connectivity index (χ0) is 28.1. The maximum Gasteiger partial charge on any atom is 0.355 e. The Morgan fingerprint density at radius 2 is 1.54 bits per heavy atom. The van der Waals surface area contributed by atoms with Crippen LogP contribution in [0.2, 0.25) is 0 Å². The van der Waals surface area contributed by atoms with E-state index < -0.39 is 17.9 Å². The van der Waals surface area contributed by atoms with Crippen LogP contribution in [0.25, 0.3) is 0 Å². The second-order valence-corrected chi connectivity index (χ2v) is 8.65. The minimum Gasteiger partial charge on any atom is -0.466 e. The standard InChI is InChI=1S/C30H26N4O5/c1-18-16-21(14-15-23(18)33-28(35)20-12-8-5-9-13-20)34-26(30(37)39-3)25(29(36)38-2)24(22(17-31)27(34)32)19-10-6-4-7-11-19/h4-16,24H,32H2,1-3H3,(H,33,35). The number of rotatable bonds is 6. The van der Waals surface area contributed by atoms with Gasteiger partial charge in [0.1, 0.15) is 11.5 Å². The quantitative estimate of drug-likeness (QED) is 0.461. The fourth-order valence-corrected chi connectivity index (χ4v) is 4.49. The maximum absolute atomic E-state index is 13.2. The number of esters is 2. The summed E-state index contributed by atoms with van der Waals surface area (Å²) in [7, 11) is 2.38. The molecule has 4 rings (SSSR count). The van der Waals surface area contributed by atoms with Gasteiger partial charge in [-0.1, -0.05) is 48.5 Å². The molecule has 196 valence electrons. The number of nitrogens with zero attached hydrogens (tertiary/aromatic N) is 2. The number of anilines is 2. The second-order valence-electron chi connectivity index (χ2n) is 8.65. The molecule has 9 heteroatoms. The number of ether oxygens (including phenoxy) is 2. The molecule has 0 bridgehead atoms. The first-order valence-electron chi connectivity index (χ1n) is 11.9. The number of nitrogens with one attached hydrogen (secondary N) is 1. The smallest absolute Gasteiger partial charge is 0.355 e. The van der Waals surface area contributed by atoms with Crippen LogP contribution >= 0.6 is 0 Å². The van der Waals surface area contributed by atoms with E-state index in [-0.39, 0.29) is 28.6 Å². The van der Waals surface area contributed by atoms with Gasteiger partial charge in [0.05, 0.1) is 37.4 Å².